The highest BCUT2D eigenvalue weighted by Crippen LogP contribution is 2.68. The quantitative estimate of drug-likeness (QED) is 0.388. The number of hydrogen-bond donors (Lipinski definition) is 3. The van der Waals surface area contributed by atoms with E-state index in [1.807, 2.05) is 38.1 Å². The predicted octanol–water partition coefficient (Wildman–Crippen LogP) is 2.70. The Labute approximate surface area is 226 Å². The monoisotopic (exact) mass is 580 g/mol. The van der Waals surface area contributed by atoms with Crippen LogP contribution in [0.15, 0.2) is 24.3 Å². The van der Waals surface area contributed by atoms with E-state index in [-0.39, 0.29) is 40.3 Å². The van der Waals surface area contributed by atoms with E-state index < -0.39 is 28.7 Å². The number of thioether (sulfide) groups is 1. The Hall–Kier alpha value is -1.78. The molecule has 0 aromatic heterocycles. The van der Waals surface area contributed by atoms with Gasteiger partial charge in [-0.25, -0.2) is 0 Å². The molecule has 3 fully saturated rings. The fourth-order valence-electron chi connectivity index (χ4n) is 6.37. The molecular formula is C26H37BrN4O4S. The van der Waals surface area contributed by atoms with Gasteiger partial charge >= 0.3 is 0 Å². The van der Waals surface area contributed by atoms with E-state index in [1.54, 1.807) is 23.7 Å². The molecule has 1 aromatic rings. The molecule has 3 amide bonds. The molecule has 0 saturated carbocycles. The zero-order chi connectivity index (χ0) is 26.4. The third kappa shape index (κ3) is 4.22. The van der Waals surface area contributed by atoms with Crippen molar-refractivity contribution in [3.05, 3.63) is 24.3 Å². The van der Waals surface area contributed by atoms with Crippen LogP contribution in [0.3, 0.4) is 0 Å². The summed E-state index contributed by atoms with van der Waals surface area (Å²) in [6, 6.07) is 6.43. The predicted molar refractivity (Wildman–Crippen MR) is 147 cm³/mol. The summed E-state index contributed by atoms with van der Waals surface area (Å²) in [5, 5.41) is 16.0. The first-order valence-corrected chi connectivity index (χ1v) is 14.6. The highest BCUT2D eigenvalue weighted by molar-refractivity contribution is 9.09. The van der Waals surface area contributed by atoms with Gasteiger partial charge < -0.3 is 25.5 Å². The average Bonchev–Trinajstić information content (AvgIpc) is 3.44. The first kappa shape index (κ1) is 27.3. The molecule has 3 aliphatic rings. The molecule has 7 atom stereocenters. The number of nitrogens with zero attached hydrogens (tertiary/aromatic N) is 2. The second kappa shape index (κ2) is 10.5. The van der Waals surface area contributed by atoms with Crippen molar-refractivity contribution < 1.29 is 19.5 Å². The van der Waals surface area contributed by atoms with Gasteiger partial charge in [-0.3, -0.25) is 14.4 Å². The van der Waals surface area contributed by atoms with Gasteiger partial charge in [0.05, 0.1) is 29.2 Å². The van der Waals surface area contributed by atoms with E-state index in [0.29, 0.717) is 12.1 Å². The Morgan fingerprint density at radius 1 is 1.22 bits per heavy atom. The summed E-state index contributed by atoms with van der Waals surface area (Å²) in [5.41, 5.74) is 1.74. The minimum Gasteiger partial charge on any atom is -0.394 e. The minimum absolute atomic E-state index is 0.0177. The van der Waals surface area contributed by atoms with Crippen LogP contribution in [-0.4, -0.2) is 81.4 Å². The van der Waals surface area contributed by atoms with Crippen molar-refractivity contribution in [3.63, 3.8) is 0 Å². The first-order chi connectivity index (χ1) is 17.1. The largest absolute Gasteiger partial charge is 0.394 e. The van der Waals surface area contributed by atoms with Crippen LogP contribution < -0.4 is 15.5 Å². The molecule has 8 nitrogen and oxygen atoms in total. The molecule has 0 aliphatic carbocycles. The Bertz CT molecular complexity index is 1000. The topological polar surface area (TPSA) is 102 Å². The van der Waals surface area contributed by atoms with Crippen molar-refractivity contribution in [1.29, 1.82) is 0 Å². The van der Waals surface area contributed by atoms with E-state index in [9.17, 15) is 19.5 Å². The zero-order valence-corrected chi connectivity index (χ0v) is 23.9. The van der Waals surface area contributed by atoms with E-state index in [2.05, 4.69) is 45.3 Å². The molecule has 10 heteroatoms. The molecule has 198 valence electrons. The Balaban J connectivity index is 1.71. The zero-order valence-electron chi connectivity index (χ0n) is 21.5. The van der Waals surface area contributed by atoms with Crippen LogP contribution >= 0.6 is 27.7 Å². The van der Waals surface area contributed by atoms with Crippen LogP contribution in [0.25, 0.3) is 0 Å². The van der Waals surface area contributed by atoms with Gasteiger partial charge in [0.25, 0.3) is 0 Å². The summed E-state index contributed by atoms with van der Waals surface area (Å²) < 4.78 is -0.735. The number of amides is 3. The summed E-state index contributed by atoms with van der Waals surface area (Å²) >= 11 is 5.35. The van der Waals surface area contributed by atoms with Crippen LogP contribution in [-0.2, 0) is 14.4 Å². The third-order valence-electron chi connectivity index (χ3n) is 8.10. The number of anilines is 2. The lowest BCUT2D eigenvalue weighted by Crippen LogP contribution is -2.56. The molecule has 3 saturated heterocycles. The molecule has 4 rings (SSSR count). The molecule has 2 bridgehead atoms. The number of rotatable bonds is 9. The van der Waals surface area contributed by atoms with Crippen LogP contribution in [0.4, 0.5) is 11.4 Å². The Morgan fingerprint density at radius 3 is 2.39 bits per heavy atom. The molecule has 36 heavy (non-hydrogen) atoms. The van der Waals surface area contributed by atoms with Gasteiger partial charge in [0.2, 0.25) is 17.7 Å². The van der Waals surface area contributed by atoms with Gasteiger partial charge in [-0.1, -0.05) is 29.8 Å². The SMILES string of the molecule is CCN(CC)c1ccc(NC(=O)C2N([C@@H](CO)C(C)C)C(=O)[C@@H]3[C@@H](C(=O)NC)[C@@H]4SC23CC4Br)cc1. The summed E-state index contributed by atoms with van der Waals surface area (Å²) in [6.07, 6.45) is 0.609. The Kier molecular flexibility index (Phi) is 7.98. The number of alkyl halides is 1. The number of carbonyl (C=O) groups excluding carboxylic acids is 3. The Morgan fingerprint density at radius 2 is 1.86 bits per heavy atom. The van der Waals surface area contributed by atoms with Crippen molar-refractivity contribution in [1.82, 2.24) is 10.2 Å². The third-order valence-corrected chi connectivity index (χ3v) is 11.3. The van der Waals surface area contributed by atoms with Gasteiger partial charge in [-0.15, -0.1) is 11.8 Å². The second-order valence-electron chi connectivity index (χ2n) is 10.2. The molecule has 1 aromatic carbocycles. The van der Waals surface area contributed by atoms with Crippen LogP contribution in [0.2, 0.25) is 0 Å². The molecular weight excluding hydrogens is 544 g/mol. The number of halogens is 1. The maximum atomic E-state index is 14.0. The minimum atomic E-state index is -0.790. The number of likely N-dealkylation sites (tertiary alicyclic amines) is 1. The number of fused-ring (bicyclic) bond motifs is 1. The summed E-state index contributed by atoms with van der Waals surface area (Å²) in [5.74, 6) is -1.83. The van der Waals surface area contributed by atoms with Crippen molar-refractivity contribution in [2.75, 3.05) is 37.0 Å². The highest BCUT2D eigenvalue weighted by atomic mass is 79.9. The van der Waals surface area contributed by atoms with Crippen molar-refractivity contribution >= 4 is 56.8 Å². The molecule has 3 aliphatic heterocycles. The molecule has 1 spiro atoms. The maximum Gasteiger partial charge on any atom is 0.248 e. The lowest BCUT2D eigenvalue weighted by Gasteiger charge is -2.38. The lowest BCUT2D eigenvalue weighted by molar-refractivity contribution is -0.142. The number of hydrogen-bond acceptors (Lipinski definition) is 6. The number of aliphatic hydroxyl groups excluding tert-OH is 1. The smallest absolute Gasteiger partial charge is 0.248 e. The molecule has 3 N–H and O–H groups in total. The van der Waals surface area contributed by atoms with E-state index in [0.717, 1.165) is 18.8 Å². The van der Waals surface area contributed by atoms with Crippen LogP contribution in [0, 0.1) is 17.8 Å². The molecule has 3 unspecified atom stereocenters. The number of aliphatic hydroxyl groups is 1. The summed E-state index contributed by atoms with van der Waals surface area (Å²) in [7, 11) is 1.59. The summed E-state index contributed by atoms with van der Waals surface area (Å²) in [6.45, 7) is 9.62. The first-order valence-electron chi connectivity index (χ1n) is 12.8. The number of carbonyl (C=O) groups is 3. The van der Waals surface area contributed by atoms with Crippen molar-refractivity contribution in [3.8, 4) is 0 Å². The maximum absolute atomic E-state index is 14.0. The fourth-order valence-corrected chi connectivity index (χ4v) is 9.97. The fraction of sp³-hybridized carbons (Fsp3) is 0.654. The average molecular weight is 582 g/mol. The molecule has 3 heterocycles. The van der Waals surface area contributed by atoms with Crippen LogP contribution in [0.1, 0.15) is 34.1 Å². The van der Waals surface area contributed by atoms with Gasteiger partial charge in [0, 0.05) is 41.6 Å². The van der Waals surface area contributed by atoms with Gasteiger partial charge in [-0.05, 0) is 50.5 Å². The van der Waals surface area contributed by atoms with E-state index in [1.165, 1.54) is 0 Å². The highest BCUT2D eigenvalue weighted by Gasteiger charge is 2.76. The lowest BCUT2D eigenvalue weighted by atomic mass is 9.70. The van der Waals surface area contributed by atoms with Crippen molar-refractivity contribution in [2.45, 2.75) is 61.0 Å². The standard InChI is InChI=1S/C26H37BrN4O4S/c1-6-30(7-2)16-10-8-15(9-11-16)29-24(34)22-26-12-17(27)21(36-26)19(23(33)28-5)20(26)25(35)31(22)18(13-32)14(3)4/h8-11,14,17-22,32H,6-7,12-13H2,1-5H3,(H,28,33)(H,29,34)/t17?,18-,19+,20-,21+,22?,26?/m0/s1. The van der Waals surface area contributed by atoms with E-state index >= 15 is 0 Å². The number of nitrogens with one attached hydrogen (secondary N) is 2. The van der Waals surface area contributed by atoms with E-state index in [4.69, 9.17) is 0 Å². The summed E-state index contributed by atoms with van der Waals surface area (Å²) in [4.78, 5) is 44.8. The molecule has 0 radical (unpaired) electrons. The van der Waals surface area contributed by atoms with Crippen molar-refractivity contribution in [2.24, 2.45) is 17.8 Å². The normalized spacial score (nSPS) is 31.5. The number of benzene rings is 1. The van der Waals surface area contributed by atoms with Gasteiger partial charge in [-0.2, -0.15) is 0 Å². The van der Waals surface area contributed by atoms with Crippen LogP contribution in [0.5, 0.6) is 0 Å². The van der Waals surface area contributed by atoms with Gasteiger partial charge in [0.15, 0.2) is 0 Å². The van der Waals surface area contributed by atoms with Gasteiger partial charge in [0.1, 0.15) is 6.04 Å². The second-order valence-corrected chi connectivity index (χ2v) is 12.9.